The molecule has 0 heterocycles. The first-order valence-corrected chi connectivity index (χ1v) is 9.55. The molecule has 2 amide bonds. The normalized spacial score (nSPS) is 10.1. The van der Waals surface area contributed by atoms with Crippen LogP contribution in [0.2, 0.25) is 5.02 Å². The number of halogens is 1. The van der Waals surface area contributed by atoms with Gasteiger partial charge in [-0.25, -0.2) is 0 Å². The quantitative estimate of drug-likeness (QED) is 0.515. The van der Waals surface area contributed by atoms with Crippen LogP contribution in [0.25, 0.3) is 0 Å². The first-order chi connectivity index (χ1) is 13.9. The van der Waals surface area contributed by atoms with Gasteiger partial charge < -0.3 is 10.6 Å². The highest BCUT2D eigenvalue weighted by Crippen LogP contribution is 2.15. The van der Waals surface area contributed by atoms with E-state index in [-0.39, 0.29) is 16.9 Å². The minimum atomic E-state index is -0.354. The third kappa shape index (κ3) is 5.88. The number of carbonyl (C=O) groups is 2. The smallest absolute Gasteiger partial charge is 0.257 e. The van der Waals surface area contributed by atoms with Gasteiger partial charge in [0, 0.05) is 27.5 Å². The predicted molar refractivity (Wildman–Crippen MR) is 121 cm³/mol. The summed E-state index contributed by atoms with van der Waals surface area (Å²) < 4.78 is 0. The number of thiocarbonyl (C=S) groups is 1. The lowest BCUT2D eigenvalue weighted by atomic mass is 10.1. The zero-order valence-electron chi connectivity index (χ0n) is 15.5. The molecule has 7 heteroatoms. The Hall–Kier alpha value is -3.22. The van der Waals surface area contributed by atoms with Gasteiger partial charge in [-0.3, -0.25) is 14.9 Å². The number of amides is 2. The molecule has 0 aliphatic heterocycles. The summed E-state index contributed by atoms with van der Waals surface area (Å²) in [6.07, 6.45) is 0. The number of hydrogen-bond acceptors (Lipinski definition) is 3. The van der Waals surface area contributed by atoms with Crippen LogP contribution in [-0.2, 0) is 0 Å². The van der Waals surface area contributed by atoms with Crippen LogP contribution >= 0.6 is 23.8 Å². The second-order valence-electron chi connectivity index (χ2n) is 6.32. The molecule has 0 aliphatic rings. The highest BCUT2D eigenvalue weighted by atomic mass is 35.5. The molecule has 3 rings (SSSR count). The van der Waals surface area contributed by atoms with E-state index in [4.69, 9.17) is 23.8 Å². The molecule has 5 nitrogen and oxygen atoms in total. The van der Waals surface area contributed by atoms with Gasteiger partial charge >= 0.3 is 0 Å². The fourth-order valence-electron chi connectivity index (χ4n) is 2.60. The Morgan fingerprint density at radius 3 is 2.14 bits per heavy atom. The Labute approximate surface area is 179 Å². The lowest BCUT2D eigenvalue weighted by molar-refractivity contribution is 0.0976. The number of rotatable bonds is 4. The maximum atomic E-state index is 12.5. The lowest BCUT2D eigenvalue weighted by Crippen LogP contribution is -2.34. The minimum absolute atomic E-state index is 0.126. The number of benzene rings is 3. The number of anilines is 2. The van der Waals surface area contributed by atoms with Crippen molar-refractivity contribution < 1.29 is 9.59 Å². The van der Waals surface area contributed by atoms with E-state index in [9.17, 15) is 9.59 Å². The monoisotopic (exact) mass is 423 g/mol. The Morgan fingerprint density at radius 1 is 0.793 bits per heavy atom. The van der Waals surface area contributed by atoms with E-state index in [0.717, 1.165) is 11.3 Å². The summed E-state index contributed by atoms with van der Waals surface area (Å²) in [6.45, 7) is 1.96. The summed E-state index contributed by atoms with van der Waals surface area (Å²) >= 11 is 11.0. The molecule has 0 unspecified atom stereocenters. The van der Waals surface area contributed by atoms with Crippen molar-refractivity contribution in [2.45, 2.75) is 6.92 Å². The molecule has 3 aromatic rings. The Morgan fingerprint density at radius 2 is 1.45 bits per heavy atom. The predicted octanol–water partition coefficient (Wildman–Crippen LogP) is 5.03. The van der Waals surface area contributed by atoms with E-state index in [2.05, 4.69) is 16.0 Å². The van der Waals surface area contributed by atoms with E-state index in [1.807, 2.05) is 31.2 Å². The Bertz CT molecular complexity index is 1070. The van der Waals surface area contributed by atoms with E-state index in [1.165, 1.54) is 0 Å². The molecule has 146 valence electrons. The number of nitrogens with one attached hydrogen (secondary N) is 3. The van der Waals surface area contributed by atoms with Gasteiger partial charge in [-0.15, -0.1) is 0 Å². The molecule has 29 heavy (non-hydrogen) atoms. The van der Waals surface area contributed by atoms with Crippen LogP contribution in [0, 0.1) is 6.92 Å². The van der Waals surface area contributed by atoms with Crippen LogP contribution in [-0.4, -0.2) is 16.9 Å². The summed E-state index contributed by atoms with van der Waals surface area (Å²) in [5, 5.41) is 9.04. The molecule has 0 aromatic heterocycles. The van der Waals surface area contributed by atoms with Crippen molar-refractivity contribution in [3.63, 3.8) is 0 Å². The zero-order chi connectivity index (χ0) is 20.8. The Kier molecular flexibility index (Phi) is 6.59. The SMILES string of the molecule is Cc1cccc(NC(=O)c2cccc(NC(=S)NC(=O)c3ccc(Cl)cc3)c2)c1. The van der Waals surface area contributed by atoms with Gasteiger partial charge in [-0.2, -0.15) is 0 Å². The van der Waals surface area contributed by atoms with E-state index in [0.29, 0.717) is 21.8 Å². The summed E-state index contributed by atoms with van der Waals surface area (Å²) in [7, 11) is 0. The second kappa shape index (κ2) is 9.32. The maximum Gasteiger partial charge on any atom is 0.257 e. The molecule has 0 saturated carbocycles. The zero-order valence-corrected chi connectivity index (χ0v) is 17.1. The number of hydrogen-bond donors (Lipinski definition) is 3. The number of aryl methyl sites for hydroxylation is 1. The van der Waals surface area contributed by atoms with Gasteiger partial charge in [0.2, 0.25) is 0 Å². The summed E-state index contributed by atoms with van der Waals surface area (Å²) in [5.41, 5.74) is 3.26. The average Bonchev–Trinajstić information content (AvgIpc) is 2.68. The van der Waals surface area contributed by atoms with Crippen LogP contribution < -0.4 is 16.0 Å². The van der Waals surface area contributed by atoms with Crippen molar-refractivity contribution in [2.24, 2.45) is 0 Å². The van der Waals surface area contributed by atoms with Gasteiger partial charge in [0.15, 0.2) is 5.11 Å². The second-order valence-corrected chi connectivity index (χ2v) is 7.16. The van der Waals surface area contributed by atoms with Gasteiger partial charge in [0.05, 0.1) is 0 Å². The lowest BCUT2D eigenvalue weighted by Gasteiger charge is -2.11. The molecule has 0 aliphatic carbocycles. The standard InChI is InChI=1S/C22H18ClN3O2S/c1-14-4-2-6-18(12-14)24-21(28)16-5-3-7-19(13-16)25-22(29)26-20(27)15-8-10-17(23)11-9-15/h2-13H,1H3,(H,24,28)(H2,25,26,27,29). The van der Waals surface area contributed by atoms with E-state index in [1.54, 1.807) is 48.5 Å². The van der Waals surface area contributed by atoms with Crippen LogP contribution in [0.15, 0.2) is 72.8 Å². The molecule has 0 atom stereocenters. The topological polar surface area (TPSA) is 70.2 Å². The van der Waals surface area contributed by atoms with Crippen LogP contribution in [0.1, 0.15) is 26.3 Å². The largest absolute Gasteiger partial charge is 0.332 e. The van der Waals surface area contributed by atoms with Crippen molar-refractivity contribution in [3.05, 3.63) is 94.5 Å². The molecule has 3 N–H and O–H groups in total. The van der Waals surface area contributed by atoms with Gasteiger partial charge in [0.25, 0.3) is 11.8 Å². The highest BCUT2D eigenvalue weighted by molar-refractivity contribution is 7.80. The molecular weight excluding hydrogens is 406 g/mol. The molecule has 0 fully saturated rings. The first-order valence-electron chi connectivity index (χ1n) is 8.77. The molecule has 0 radical (unpaired) electrons. The molecule has 0 bridgehead atoms. The number of carbonyl (C=O) groups excluding carboxylic acids is 2. The molecule has 0 spiro atoms. The van der Waals surface area contributed by atoms with Crippen molar-refractivity contribution in [3.8, 4) is 0 Å². The van der Waals surface area contributed by atoms with E-state index >= 15 is 0 Å². The average molecular weight is 424 g/mol. The highest BCUT2D eigenvalue weighted by Gasteiger charge is 2.10. The minimum Gasteiger partial charge on any atom is -0.332 e. The molecule has 0 saturated heterocycles. The van der Waals surface area contributed by atoms with Crippen molar-refractivity contribution >= 4 is 52.1 Å². The van der Waals surface area contributed by atoms with Gasteiger partial charge in [0.1, 0.15) is 0 Å². The fourth-order valence-corrected chi connectivity index (χ4v) is 2.94. The van der Waals surface area contributed by atoms with Crippen molar-refractivity contribution in [2.75, 3.05) is 10.6 Å². The van der Waals surface area contributed by atoms with Crippen LogP contribution in [0.4, 0.5) is 11.4 Å². The van der Waals surface area contributed by atoms with Crippen molar-refractivity contribution in [1.82, 2.24) is 5.32 Å². The van der Waals surface area contributed by atoms with Crippen molar-refractivity contribution in [1.29, 1.82) is 0 Å². The third-order valence-electron chi connectivity index (χ3n) is 3.99. The van der Waals surface area contributed by atoms with Crippen LogP contribution in [0.5, 0.6) is 0 Å². The molecule has 3 aromatic carbocycles. The van der Waals surface area contributed by atoms with E-state index < -0.39 is 0 Å². The molecular formula is C22H18ClN3O2S. The Balaban J connectivity index is 1.63. The maximum absolute atomic E-state index is 12.5. The third-order valence-corrected chi connectivity index (χ3v) is 4.45. The summed E-state index contributed by atoms with van der Waals surface area (Å²) in [6, 6.07) is 20.9. The van der Waals surface area contributed by atoms with Gasteiger partial charge in [-0.05, 0) is 79.3 Å². The van der Waals surface area contributed by atoms with Crippen LogP contribution in [0.3, 0.4) is 0 Å². The summed E-state index contributed by atoms with van der Waals surface area (Å²) in [4.78, 5) is 24.7. The fraction of sp³-hybridized carbons (Fsp3) is 0.0455. The summed E-state index contributed by atoms with van der Waals surface area (Å²) in [5.74, 6) is -0.595. The first kappa shape index (κ1) is 20.5. The van der Waals surface area contributed by atoms with Gasteiger partial charge in [-0.1, -0.05) is 29.8 Å².